The third-order valence-corrected chi connectivity index (χ3v) is 3.56. The number of hydrogen-bond donors (Lipinski definition) is 0. The number of benzene rings is 1. The van der Waals surface area contributed by atoms with Crippen LogP contribution in [0, 0.1) is 11.3 Å². The van der Waals surface area contributed by atoms with Gasteiger partial charge in [-0.3, -0.25) is 4.90 Å². The van der Waals surface area contributed by atoms with Gasteiger partial charge in [-0.05, 0) is 12.1 Å². The molecular weight excluding hydrogens is 272 g/mol. The standard InChI is InChI=1S/C15H20N2O4/c1-18-13-5-4-11(14(19-2)15(13)20-3)12(10-16)17-6-8-21-9-7-17/h4-5,12H,6-9H2,1-3H3. The molecule has 1 saturated heterocycles. The van der Waals surface area contributed by atoms with Gasteiger partial charge in [0, 0.05) is 18.7 Å². The molecule has 21 heavy (non-hydrogen) atoms. The molecule has 0 aromatic heterocycles. The number of methoxy groups -OCH3 is 3. The van der Waals surface area contributed by atoms with Crippen LogP contribution >= 0.6 is 0 Å². The molecule has 6 heteroatoms. The second-order valence-corrected chi connectivity index (χ2v) is 4.60. The summed E-state index contributed by atoms with van der Waals surface area (Å²) in [7, 11) is 4.69. The van der Waals surface area contributed by atoms with Crippen LogP contribution in [0.25, 0.3) is 0 Å². The predicted octanol–water partition coefficient (Wildman–Crippen LogP) is 1.61. The summed E-state index contributed by atoms with van der Waals surface area (Å²) in [6.07, 6.45) is 0. The molecule has 1 aliphatic heterocycles. The highest BCUT2D eigenvalue weighted by molar-refractivity contribution is 5.57. The van der Waals surface area contributed by atoms with Crippen molar-refractivity contribution in [2.75, 3.05) is 47.6 Å². The van der Waals surface area contributed by atoms with E-state index >= 15 is 0 Å². The van der Waals surface area contributed by atoms with Crippen LogP contribution in [0.5, 0.6) is 17.2 Å². The molecule has 0 N–H and O–H groups in total. The predicted molar refractivity (Wildman–Crippen MR) is 76.8 cm³/mol. The van der Waals surface area contributed by atoms with Crippen LogP contribution < -0.4 is 14.2 Å². The molecule has 1 heterocycles. The maximum Gasteiger partial charge on any atom is 0.203 e. The number of morpholine rings is 1. The van der Waals surface area contributed by atoms with Crippen molar-refractivity contribution in [1.82, 2.24) is 4.90 Å². The van der Waals surface area contributed by atoms with E-state index in [4.69, 9.17) is 18.9 Å². The Morgan fingerprint density at radius 1 is 1.10 bits per heavy atom. The van der Waals surface area contributed by atoms with E-state index in [1.807, 2.05) is 6.07 Å². The minimum atomic E-state index is -0.399. The fraction of sp³-hybridized carbons (Fsp3) is 0.533. The van der Waals surface area contributed by atoms with Crippen molar-refractivity contribution in [3.63, 3.8) is 0 Å². The Balaban J connectivity index is 2.43. The van der Waals surface area contributed by atoms with Gasteiger partial charge in [-0.25, -0.2) is 0 Å². The third kappa shape index (κ3) is 3.04. The second-order valence-electron chi connectivity index (χ2n) is 4.60. The van der Waals surface area contributed by atoms with Crippen molar-refractivity contribution in [3.8, 4) is 23.3 Å². The van der Waals surface area contributed by atoms with E-state index in [-0.39, 0.29) is 0 Å². The van der Waals surface area contributed by atoms with E-state index < -0.39 is 6.04 Å². The van der Waals surface area contributed by atoms with Gasteiger partial charge in [-0.2, -0.15) is 5.26 Å². The van der Waals surface area contributed by atoms with Crippen LogP contribution in [0.2, 0.25) is 0 Å². The van der Waals surface area contributed by atoms with Crippen LogP contribution in [0.1, 0.15) is 11.6 Å². The van der Waals surface area contributed by atoms with E-state index in [9.17, 15) is 5.26 Å². The maximum atomic E-state index is 9.58. The molecule has 0 aliphatic carbocycles. The Bertz CT molecular complexity index is 521. The van der Waals surface area contributed by atoms with Crippen molar-refractivity contribution in [1.29, 1.82) is 5.26 Å². The Labute approximate surface area is 124 Å². The number of ether oxygens (including phenoxy) is 4. The Morgan fingerprint density at radius 2 is 1.76 bits per heavy atom. The molecule has 1 aliphatic rings. The fourth-order valence-electron chi connectivity index (χ4n) is 2.52. The van der Waals surface area contributed by atoms with Crippen LogP contribution in [-0.2, 0) is 4.74 Å². The van der Waals surface area contributed by atoms with E-state index in [1.54, 1.807) is 27.4 Å². The second kappa shape index (κ2) is 7.16. The minimum absolute atomic E-state index is 0.399. The first-order valence-corrected chi connectivity index (χ1v) is 6.77. The van der Waals surface area contributed by atoms with Crippen LogP contribution in [0.15, 0.2) is 12.1 Å². The molecule has 0 spiro atoms. The maximum absolute atomic E-state index is 9.58. The van der Waals surface area contributed by atoms with E-state index in [2.05, 4.69) is 11.0 Å². The lowest BCUT2D eigenvalue weighted by atomic mass is 10.0. The highest BCUT2D eigenvalue weighted by Crippen LogP contribution is 2.43. The van der Waals surface area contributed by atoms with Gasteiger partial charge >= 0.3 is 0 Å². The molecule has 6 nitrogen and oxygen atoms in total. The molecule has 1 unspecified atom stereocenters. The first kappa shape index (κ1) is 15.4. The van der Waals surface area contributed by atoms with E-state index in [1.165, 1.54) is 0 Å². The zero-order valence-corrected chi connectivity index (χ0v) is 12.6. The summed E-state index contributed by atoms with van der Waals surface area (Å²) in [5.41, 5.74) is 0.777. The van der Waals surface area contributed by atoms with Gasteiger partial charge in [0.25, 0.3) is 0 Å². The van der Waals surface area contributed by atoms with Gasteiger partial charge in [0.1, 0.15) is 6.04 Å². The molecule has 1 aromatic rings. The zero-order chi connectivity index (χ0) is 15.2. The van der Waals surface area contributed by atoms with Crippen molar-refractivity contribution < 1.29 is 18.9 Å². The summed E-state index contributed by atoms with van der Waals surface area (Å²) < 4.78 is 21.5. The lowest BCUT2D eigenvalue weighted by molar-refractivity contribution is 0.0262. The van der Waals surface area contributed by atoms with Gasteiger partial charge in [0.15, 0.2) is 11.5 Å². The quantitative estimate of drug-likeness (QED) is 0.821. The summed E-state index contributed by atoms with van der Waals surface area (Å²) in [4.78, 5) is 2.08. The summed E-state index contributed by atoms with van der Waals surface area (Å²) in [6.45, 7) is 2.70. The molecule has 0 saturated carbocycles. The van der Waals surface area contributed by atoms with Gasteiger partial charge < -0.3 is 18.9 Å². The lowest BCUT2D eigenvalue weighted by Gasteiger charge is -2.31. The summed E-state index contributed by atoms with van der Waals surface area (Å²) >= 11 is 0. The van der Waals surface area contributed by atoms with Gasteiger partial charge in [-0.1, -0.05) is 0 Å². The van der Waals surface area contributed by atoms with Crippen LogP contribution in [-0.4, -0.2) is 52.5 Å². The van der Waals surface area contributed by atoms with Crippen molar-refractivity contribution in [3.05, 3.63) is 17.7 Å². The highest BCUT2D eigenvalue weighted by atomic mass is 16.5. The summed E-state index contributed by atoms with van der Waals surface area (Å²) in [5.74, 6) is 1.62. The summed E-state index contributed by atoms with van der Waals surface area (Å²) in [6, 6.07) is 5.59. The van der Waals surface area contributed by atoms with Gasteiger partial charge in [0.05, 0.1) is 40.6 Å². The normalized spacial score (nSPS) is 16.9. The third-order valence-electron chi connectivity index (χ3n) is 3.56. The van der Waals surface area contributed by atoms with E-state index in [0.29, 0.717) is 30.5 Å². The largest absolute Gasteiger partial charge is 0.493 e. The number of hydrogen-bond acceptors (Lipinski definition) is 6. The van der Waals surface area contributed by atoms with Crippen molar-refractivity contribution in [2.45, 2.75) is 6.04 Å². The van der Waals surface area contributed by atoms with E-state index in [0.717, 1.165) is 18.7 Å². The first-order valence-electron chi connectivity index (χ1n) is 6.77. The van der Waals surface area contributed by atoms with Crippen LogP contribution in [0.4, 0.5) is 0 Å². The fourth-order valence-corrected chi connectivity index (χ4v) is 2.52. The number of nitrogens with zero attached hydrogens (tertiary/aromatic N) is 2. The summed E-state index contributed by atoms with van der Waals surface area (Å²) in [5, 5.41) is 9.58. The Hall–Kier alpha value is -1.97. The lowest BCUT2D eigenvalue weighted by Crippen LogP contribution is -2.38. The molecule has 1 fully saturated rings. The number of rotatable bonds is 5. The zero-order valence-electron chi connectivity index (χ0n) is 12.6. The molecular formula is C15H20N2O4. The first-order chi connectivity index (χ1) is 10.3. The van der Waals surface area contributed by atoms with Gasteiger partial charge in [-0.15, -0.1) is 0 Å². The molecule has 0 radical (unpaired) electrons. The number of nitriles is 1. The Kier molecular flexibility index (Phi) is 5.26. The monoisotopic (exact) mass is 292 g/mol. The molecule has 1 atom stereocenters. The van der Waals surface area contributed by atoms with Gasteiger partial charge in [0.2, 0.25) is 5.75 Å². The average Bonchev–Trinajstić information content (AvgIpc) is 2.55. The Morgan fingerprint density at radius 3 is 2.29 bits per heavy atom. The van der Waals surface area contributed by atoms with Crippen LogP contribution in [0.3, 0.4) is 0 Å². The smallest absolute Gasteiger partial charge is 0.203 e. The molecule has 0 amide bonds. The molecule has 114 valence electrons. The molecule has 0 bridgehead atoms. The minimum Gasteiger partial charge on any atom is -0.493 e. The molecule has 2 rings (SSSR count). The van der Waals surface area contributed by atoms with Crippen molar-refractivity contribution >= 4 is 0 Å². The topological polar surface area (TPSA) is 64.0 Å². The average molecular weight is 292 g/mol. The van der Waals surface area contributed by atoms with Crippen molar-refractivity contribution in [2.24, 2.45) is 0 Å². The molecule has 1 aromatic carbocycles. The SMILES string of the molecule is COc1ccc(C(C#N)N2CCOCC2)c(OC)c1OC. The highest BCUT2D eigenvalue weighted by Gasteiger charge is 2.28.